The zero-order valence-electron chi connectivity index (χ0n) is 14.4. The van der Waals surface area contributed by atoms with Crippen molar-refractivity contribution in [3.05, 3.63) is 80.5 Å². The maximum absolute atomic E-state index is 13.0. The fraction of sp³-hybridized carbons (Fsp3) is 0.211. The molecule has 138 valence electrons. The Labute approximate surface area is 164 Å². The lowest BCUT2D eigenvalue weighted by molar-refractivity contribution is -0.384. The Balaban J connectivity index is 1.58. The summed E-state index contributed by atoms with van der Waals surface area (Å²) in [6.45, 7) is 0.335. The Morgan fingerprint density at radius 1 is 1.22 bits per heavy atom. The van der Waals surface area contributed by atoms with Gasteiger partial charge < -0.3 is 9.88 Å². The van der Waals surface area contributed by atoms with Crippen molar-refractivity contribution >= 4 is 34.7 Å². The molecule has 4 rings (SSSR count). The number of benzene rings is 1. The summed E-state index contributed by atoms with van der Waals surface area (Å²) in [6.07, 6.45) is 4.81. The van der Waals surface area contributed by atoms with Gasteiger partial charge in [-0.1, -0.05) is 12.1 Å². The number of nitro groups is 1. The Bertz CT molecular complexity index is 979. The van der Waals surface area contributed by atoms with E-state index >= 15 is 0 Å². The average Bonchev–Trinajstić information content (AvgIpc) is 3.33. The van der Waals surface area contributed by atoms with Crippen LogP contribution in [0.4, 0.5) is 5.69 Å². The molecule has 0 fully saturated rings. The van der Waals surface area contributed by atoms with E-state index in [9.17, 15) is 14.9 Å². The van der Waals surface area contributed by atoms with Crippen molar-refractivity contribution in [2.75, 3.05) is 5.75 Å². The van der Waals surface area contributed by atoms with Crippen LogP contribution in [-0.4, -0.2) is 21.2 Å². The molecule has 6 nitrogen and oxygen atoms in total. The van der Waals surface area contributed by atoms with Crippen LogP contribution in [0.1, 0.15) is 26.4 Å². The molecule has 0 spiro atoms. The second-order valence-electron chi connectivity index (χ2n) is 6.18. The number of fused-ring (bicyclic) bond motifs is 1. The summed E-state index contributed by atoms with van der Waals surface area (Å²) in [5.41, 5.74) is 2.79. The molecule has 1 aliphatic heterocycles. The van der Waals surface area contributed by atoms with Gasteiger partial charge in [0.25, 0.3) is 11.6 Å². The number of nitro benzene ring substituents is 1. The van der Waals surface area contributed by atoms with Crippen LogP contribution in [0, 0.1) is 10.1 Å². The van der Waals surface area contributed by atoms with Gasteiger partial charge in [-0.3, -0.25) is 14.9 Å². The third kappa shape index (κ3) is 3.63. The van der Waals surface area contributed by atoms with Gasteiger partial charge in [-0.25, -0.2) is 0 Å². The highest BCUT2D eigenvalue weighted by molar-refractivity contribution is 7.98. The minimum absolute atomic E-state index is 0.0457. The lowest BCUT2D eigenvalue weighted by Gasteiger charge is -2.13. The monoisotopic (exact) mass is 399 g/mol. The van der Waals surface area contributed by atoms with Crippen LogP contribution in [0.5, 0.6) is 0 Å². The van der Waals surface area contributed by atoms with Crippen molar-refractivity contribution in [3.8, 4) is 5.00 Å². The van der Waals surface area contributed by atoms with Gasteiger partial charge in [-0.05, 0) is 35.4 Å². The summed E-state index contributed by atoms with van der Waals surface area (Å²) in [4.78, 5) is 24.6. The number of thiophene rings is 1. The second kappa shape index (κ2) is 7.58. The maximum atomic E-state index is 13.0. The third-order valence-electron chi connectivity index (χ3n) is 4.47. The normalized spacial score (nSPS) is 13.2. The molecule has 1 aromatic carbocycles. The molecule has 27 heavy (non-hydrogen) atoms. The number of carbonyl (C=O) groups excluding carboxylic acids is 1. The molecule has 0 saturated heterocycles. The van der Waals surface area contributed by atoms with Gasteiger partial charge in [0.1, 0.15) is 5.00 Å². The zero-order valence-corrected chi connectivity index (χ0v) is 16.0. The van der Waals surface area contributed by atoms with E-state index < -0.39 is 4.92 Å². The van der Waals surface area contributed by atoms with Crippen molar-refractivity contribution in [1.29, 1.82) is 0 Å². The standard InChI is InChI=1S/C19H17N3O3S2/c23-18(20-11-13-3-5-14(6-4-13)22(24)25)17-15-7-10-26-12-16(15)27-19(17)21-8-1-2-9-21/h1-6,8-9H,7,10-12H2,(H,20,23). The zero-order chi connectivity index (χ0) is 18.8. The first-order valence-electron chi connectivity index (χ1n) is 8.50. The maximum Gasteiger partial charge on any atom is 0.269 e. The number of carbonyl (C=O) groups is 1. The van der Waals surface area contributed by atoms with E-state index in [1.54, 1.807) is 23.5 Å². The topological polar surface area (TPSA) is 77.2 Å². The fourth-order valence-electron chi connectivity index (χ4n) is 3.11. The van der Waals surface area contributed by atoms with Crippen molar-refractivity contribution < 1.29 is 9.72 Å². The van der Waals surface area contributed by atoms with Crippen LogP contribution in [0.2, 0.25) is 0 Å². The Morgan fingerprint density at radius 3 is 2.67 bits per heavy atom. The average molecular weight is 399 g/mol. The van der Waals surface area contributed by atoms with Crippen LogP contribution in [0.25, 0.3) is 5.00 Å². The summed E-state index contributed by atoms with van der Waals surface area (Å²) in [5, 5.41) is 14.7. The van der Waals surface area contributed by atoms with Gasteiger partial charge in [0, 0.05) is 41.7 Å². The van der Waals surface area contributed by atoms with E-state index in [-0.39, 0.29) is 11.6 Å². The van der Waals surface area contributed by atoms with Gasteiger partial charge in [-0.15, -0.1) is 11.3 Å². The summed E-state index contributed by atoms with van der Waals surface area (Å²) >= 11 is 3.58. The lowest BCUT2D eigenvalue weighted by atomic mass is 10.1. The van der Waals surface area contributed by atoms with E-state index in [0.29, 0.717) is 6.54 Å². The van der Waals surface area contributed by atoms with E-state index in [0.717, 1.165) is 39.6 Å². The predicted octanol–water partition coefficient (Wildman–Crippen LogP) is 4.17. The van der Waals surface area contributed by atoms with Gasteiger partial charge >= 0.3 is 0 Å². The molecule has 8 heteroatoms. The molecule has 1 N–H and O–H groups in total. The molecule has 1 amide bonds. The number of nitrogens with zero attached hydrogens (tertiary/aromatic N) is 2. The quantitative estimate of drug-likeness (QED) is 0.516. The number of amides is 1. The first-order valence-corrected chi connectivity index (χ1v) is 10.5. The minimum atomic E-state index is -0.429. The minimum Gasteiger partial charge on any atom is -0.348 e. The number of aromatic nitrogens is 1. The van der Waals surface area contributed by atoms with Gasteiger partial charge in [0.05, 0.1) is 10.5 Å². The molecule has 0 bridgehead atoms. The van der Waals surface area contributed by atoms with E-state index in [2.05, 4.69) is 5.32 Å². The molecule has 3 heterocycles. The lowest BCUT2D eigenvalue weighted by Crippen LogP contribution is -2.25. The summed E-state index contributed by atoms with van der Waals surface area (Å²) in [7, 11) is 0. The summed E-state index contributed by atoms with van der Waals surface area (Å²) in [6, 6.07) is 10.2. The molecule has 0 saturated carbocycles. The highest BCUT2D eigenvalue weighted by Gasteiger charge is 2.26. The highest BCUT2D eigenvalue weighted by Crippen LogP contribution is 2.38. The number of rotatable bonds is 5. The first-order chi connectivity index (χ1) is 13.1. The van der Waals surface area contributed by atoms with E-state index in [1.165, 1.54) is 17.0 Å². The largest absolute Gasteiger partial charge is 0.348 e. The predicted molar refractivity (Wildman–Crippen MR) is 108 cm³/mol. The van der Waals surface area contributed by atoms with Crippen molar-refractivity contribution in [3.63, 3.8) is 0 Å². The smallest absolute Gasteiger partial charge is 0.269 e. The van der Waals surface area contributed by atoms with Crippen LogP contribution in [0.15, 0.2) is 48.8 Å². The molecule has 3 aromatic rings. The highest BCUT2D eigenvalue weighted by atomic mass is 32.2. The molecule has 0 aliphatic carbocycles. The first kappa shape index (κ1) is 17.8. The Hall–Kier alpha value is -2.58. The van der Waals surface area contributed by atoms with Crippen molar-refractivity contribution in [2.24, 2.45) is 0 Å². The Kier molecular flexibility index (Phi) is 5.00. The molecule has 0 radical (unpaired) electrons. The molecule has 0 unspecified atom stereocenters. The SMILES string of the molecule is O=C(NCc1ccc([N+](=O)[O-])cc1)c1c(-n2cccc2)sc2c1CCSC2. The third-order valence-corrected chi connectivity index (χ3v) is 6.88. The van der Waals surface area contributed by atoms with Crippen molar-refractivity contribution in [1.82, 2.24) is 9.88 Å². The second-order valence-corrected chi connectivity index (χ2v) is 8.37. The number of hydrogen-bond donors (Lipinski definition) is 1. The van der Waals surface area contributed by atoms with Crippen LogP contribution < -0.4 is 5.32 Å². The van der Waals surface area contributed by atoms with E-state index in [4.69, 9.17) is 0 Å². The molecular weight excluding hydrogens is 382 g/mol. The number of thioether (sulfide) groups is 1. The molecule has 0 atom stereocenters. The van der Waals surface area contributed by atoms with Gasteiger partial charge in [0.2, 0.25) is 0 Å². The van der Waals surface area contributed by atoms with Crippen molar-refractivity contribution in [2.45, 2.75) is 18.7 Å². The van der Waals surface area contributed by atoms with Crippen LogP contribution >= 0.6 is 23.1 Å². The molecular formula is C19H17N3O3S2. The molecule has 1 aliphatic rings. The Morgan fingerprint density at radius 2 is 1.96 bits per heavy atom. The van der Waals surface area contributed by atoms with Gasteiger partial charge in [0.15, 0.2) is 0 Å². The van der Waals surface area contributed by atoms with Crippen LogP contribution in [-0.2, 0) is 18.7 Å². The van der Waals surface area contributed by atoms with Gasteiger partial charge in [-0.2, -0.15) is 11.8 Å². The number of non-ortho nitro benzene ring substituents is 1. The van der Waals surface area contributed by atoms with E-state index in [1.807, 2.05) is 40.9 Å². The number of nitrogens with one attached hydrogen (secondary N) is 1. The molecule has 2 aromatic heterocycles. The fourth-order valence-corrected chi connectivity index (χ4v) is 5.55. The summed E-state index contributed by atoms with van der Waals surface area (Å²) < 4.78 is 1.99. The van der Waals surface area contributed by atoms with Crippen LogP contribution in [0.3, 0.4) is 0 Å². The number of hydrogen-bond acceptors (Lipinski definition) is 5. The summed E-state index contributed by atoms with van der Waals surface area (Å²) in [5.74, 6) is 1.88.